The van der Waals surface area contributed by atoms with Gasteiger partial charge in [0.1, 0.15) is 0 Å². The van der Waals surface area contributed by atoms with Crippen LogP contribution in [0.2, 0.25) is 0 Å². The van der Waals surface area contributed by atoms with Crippen molar-refractivity contribution in [2.75, 3.05) is 13.1 Å². The molecule has 1 aromatic rings. The Labute approximate surface area is 123 Å². The van der Waals surface area contributed by atoms with Crippen molar-refractivity contribution in [1.29, 1.82) is 0 Å². The highest BCUT2D eigenvalue weighted by atomic mass is 16.3. The predicted molar refractivity (Wildman–Crippen MR) is 86.8 cm³/mol. The van der Waals surface area contributed by atoms with Crippen molar-refractivity contribution < 1.29 is 5.11 Å². The standard InChI is InChI=1S/C18H29NO/c1-14(2)10-17(11-16-8-6-5-7-9-16)18(20)13-19-12-15(3)4/h5-9,15,17-20H,1,10-13H2,2-4H3. The summed E-state index contributed by atoms with van der Waals surface area (Å²) in [5.41, 5.74) is 2.41. The first-order valence-corrected chi connectivity index (χ1v) is 7.56. The second kappa shape index (κ2) is 8.93. The second-order valence-corrected chi connectivity index (χ2v) is 6.23. The number of hydrogen-bond acceptors (Lipinski definition) is 2. The van der Waals surface area contributed by atoms with E-state index in [9.17, 15) is 5.11 Å². The molecule has 0 bridgehead atoms. The van der Waals surface area contributed by atoms with Gasteiger partial charge >= 0.3 is 0 Å². The smallest absolute Gasteiger partial charge is 0.0698 e. The third kappa shape index (κ3) is 6.88. The Kier molecular flexibility index (Phi) is 7.56. The van der Waals surface area contributed by atoms with Gasteiger partial charge in [0, 0.05) is 6.54 Å². The molecule has 0 radical (unpaired) electrons. The van der Waals surface area contributed by atoms with Gasteiger partial charge in [-0.3, -0.25) is 0 Å². The third-order valence-electron chi connectivity index (χ3n) is 3.40. The summed E-state index contributed by atoms with van der Waals surface area (Å²) in [6.07, 6.45) is 1.45. The van der Waals surface area contributed by atoms with Gasteiger partial charge in [-0.15, -0.1) is 6.58 Å². The van der Waals surface area contributed by atoms with Crippen molar-refractivity contribution in [2.45, 2.75) is 39.7 Å². The fourth-order valence-corrected chi connectivity index (χ4v) is 2.40. The average molecular weight is 275 g/mol. The molecule has 2 unspecified atom stereocenters. The van der Waals surface area contributed by atoms with Crippen molar-refractivity contribution >= 4 is 0 Å². The predicted octanol–water partition coefficient (Wildman–Crippen LogP) is 3.42. The monoisotopic (exact) mass is 275 g/mol. The first-order valence-electron chi connectivity index (χ1n) is 7.56. The molecule has 0 aliphatic rings. The minimum Gasteiger partial charge on any atom is -0.391 e. The topological polar surface area (TPSA) is 32.3 Å². The van der Waals surface area contributed by atoms with Gasteiger partial charge in [-0.05, 0) is 43.7 Å². The molecule has 0 fully saturated rings. The van der Waals surface area contributed by atoms with Crippen LogP contribution in [0.1, 0.15) is 32.8 Å². The maximum Gasteiger partial charge on any atom is 0.0698 e. The summed E-state index contributed by atoms with van der Waals surface area (Å²) in [5.74, 6) is 0.838. The van der Waals surface area contributed by atoms with Gasteiger partial charge in [-0.25, -0.2) is 0 Å². The third-order valence-corrected chi connectivity index (χ3v) is 3.40. The van der Waals surface area contributed by atoms with E-state index < -0.39 is 0 Å². The lowest BCUT2D eigenvalue weighted by molar-refractivity contribution is 0.105. The summed E-state index contributed by atoms with van der Waals surface area (Å²) in [7, 11) is 0. The molecule has 112 valence electrons. The van der Waals surface area contributed by atoms with Gasteiger partial charge in [0.25, 0.3) is 0 Å². The highest BCUT2D eigenvalue weighted by Gasteiger charge is 2.19. The molecule has 0 amide bonds. The summed E-state index contributed by atoms with van der Waals surface area (Å²) >= 11 is 0. The summed E-state index contributed by atoms with van der Waals surface area (Å²) in [4.78, 5) is 0. The zero-order valence-corrected chi connectivity index (χ0v) is 13.1. The van der Waals surface area contributed by atoms with Crippen molar-refractivity contribution in [3.8, 4) is 0 Å². The highest BCUT2D eigenvalue weighted by Crippen LogP contribution is 2.20. The molecule has 0 saturated heterocycles. The Morgan fingerprint density at radius 3 is 2.40 bits per heavy atom. The van der Waals surface area contributed by atoms with E-state index in [1.165, 1.54) is 5.56 Å². The molecular formula is C18H29NO. The maximum atomic E-state index is 10.4. The molecule has 2 atom stereocenters. The van der Waals surface area contributed by atoms with Crippen molar-refractivity contribution in [3.63, 3.8) is 0 Å². The Bertz CT molecular complexity index is 386. The quantitative estimate of drug-likeness (QED) is 0.677. The first-order chi connectivity index (χ1) is 9.49. The Balaban J connectivity index is 2.56. The number of aliphatic hydroxyl groups excluding tert-OH is 1. The molecule has 0 aliphatic heterocycles. The van der Waals surface area contributed by atoms with Crippen LogP contribution in [0.5, 0.6) is 0 Å². The average Bonchev–Trinajstić information content (AvgIpc) is 2.38. The van der Waals surface area contributed by atoms with Crippen LogP contribution in [-0.4, -0.2) is 24.3 Å². The molecular weight excluding hydrogens is 246 g/mol. The van der Waals surface area contributed by atoms with Gasteiger partial charge < -0.3 is 10.4 Å². The van der Waals surface area contributed by atoms with E-state index in [4.69, 9.17) is 0 Å². The van der Waals surface area contributed by atoms with E-state index in [0.29, 0.717) is 12.5 Å². The van der Waals surface area contributed by atoms with Crippen LogP contribution in [0, 0.1) is 11.8 Å². The number of benzene rings is 1. The van der Waals surface area contributed by atoms with E-state index in [0.717, 1.165) is 25.0 Å². The minimum absolute atomic E-state index is 0.231. The Hall–Kier alpha value is -1.12. The number of allylic oxidation sites excluding steroid dienone is 1. The highest BCUT2D eigenvalue weighted by molar-refractivity contribution is 5.16. The zero-order chi connectivity index (χ0) is 15.0. The van der Waals surface area contributed by atoms with E-state index in [1.807, 2.05) is 13.0 Å². The lowest BCUT2D eigenvalue weighted by atomic mass is 9.88. The summed E-state index contributed by atoms with van der Waals surface area (Å²) in [6.45, 7) is 12.0. The molecule has 20 heavy (non-hydrogen) atoms. The van der Waals surface area contributed by atoms with Crippen LogP contribution >= 0.6 is 0 Å². The molecule has 2 N–H and O–H groups in total. The molecule has 2 heteroatoms. The number of hydrogen-bond donors (Lipinski definition) is 2. The van der Waals surface area contributed by atoms with Crippen molar-refractivity contribution in [1.82, 2.24) is 5.32 Å². The Morgan fingerprint density at radius 2 is 1.85 bits per heavy atom. The van der Waals surface area contributed by atoms with Crippen LogP contribution in [-0.2, 0) is 6.42 Å². The lowest BCUT2D eigenvalue weighted by Gasteiger charge is -2.24. The van der Waals surface area contributed by atoms with Gasteiger partial charge in [-0.2, -0.15) is 0 Å². The van der Waals surface area contributed by atoms with Crippen LogP contribution in [0.4, 0.5) is 0 Å². The lowest BCUT2D eigenvalue weighted by Crippen LogP contribution is -2.35. The summed E-state index contributed by atoms with van der Waals surface area (Å²) < 4.78 is 0. The molecule has 0 saturated carbocycles. The maximum absolute atomic E-state index is 10.4. The number of rotatable bonds is 9. The molecule has 2 nitrogen and oxygen atoms in total. The first kappa shape index (κ1) is 16.9. The SMILES string of the molecule is C=C(C)CC(Cc1ccccc1)C(O)CNCC(C)C. The van der Waals surface area contributed by atoms with Gasteiger partial charge in [-0.1, -0.05) is 49.8 Å². The molecule has 0 aromatic heterocycles. The molecule has 0 heterocycles. The second-order valence-electron chi connectivity index (χ2n) is 6.23. The fourth-order valence-electron chi connectivity index (χ4n) is 2.40. The van der Waals surface area contributed by atoms with Gasteiger partial charge in [0.15, 0.2) is 0 Å². The fraction of sp³-hybridized carbons (Fsp3) is 0.556. The van der Waals surface area contributed by atoms with Crippen molar-refractivity contribution in [3.05, 3.63) is 48.0 Å². The van der Waals surface area contributed by atoms with E-state index in [-0.39, 0.29) is 12.0 Å². The van der Waals surface area contributed by atoms with Crippen LogP contribution < -0.4 is 5.32 Å². The van der Waals surface area contributed by atoms with Crippen LogP contribution in [0.25, 0.3) is 0 Å². The van der Waals surface area contributed by atoms with Gasteiger partial charge in [0.2, 0.25) is 0 Å². The molecule has 1 rings (SSSR count). The Morgan fingerprint density at radius 1 is 1.20 bits per heavy atom. The van der Waals surface area contributed by atoms with Gasteiger partial charge in [0.05, 0.1) is 6.10 Å². The normalized spacial score (nSPS) is 14.2. The number of aliphatic hydroxyl groups is 1. The summed E-state index contributed by atoms with van der Waals surface area (Å²) in [6, 6.07) is 10.4. The van der Waals surface area contributed by atoms with E-state index in [2.05, 4.69) is 50.0 Å². The van der Waals surface area contributed by atoms with E-state index >= 15 is 0 Å². The molecule has 0 aliphatic carbocycles. The zero-order valence-electron chi connectivity index (χ0n) is 13.1. The van der Waals surface area contributed by atoms with Crippen LogP contribution in [0.15, 0.2) is 42.5 Å². The largest absolute Gasteiger partial charge is 0.391 e. The van der Waals surface area contributed by atoms with E-state index in [1.54, 1.807) is 0 Å². The number of nitrogens with one attached hydrogen (secondary N) is 1. The molecule has 0 spiro atoms. The van der Waals surface area contributed by atoms with Crippen molar-refractivity contribution in [2.24, 2.45) is 11.8 Å². The summed E-state index contributed by atoms with van der Waals surface area (Å²) in [5, 5.41) is 13.8. The minimum atomic E-state index is -0.328. The van der Waals surface area contributed by atoms with Crippen LogP contribution in [0.3, 0.4) is 0 Å². The molecule has 1 aromatic carbocycles.